The zero-order chi connectivity index (χ0) is 16.3. The predicted octanol–water partition coefficient (Wildman–Crippen LogP) is 3.14. The Morgan fingerprint density at radius 2 is 1.82 bits per heavy atom. The quantitative estimate of drug-likeness (QED) is 0.887. The van der Waals surface area contributed by atoms with Crippen molar-refractivity contribution in [2.75, 3.05) is 0 Å². The molecular formula is C16H18N2O3S. The van der Waals surface area contributed by atoms with Gasteiger partial charge < -0.3 is 10.4 Å². The third kappa shape index (κ3) is 3.71. The second-order valence-electron chi connectivity index (χ2n) is 5.35. The van der Waals surface area contributed by atoms with Gasteiger partial charge in [0.1, 0.15) is 16.7 Å². The number of carboxylic acids is 1. The van der Waals surface area contributed by atoms with Crippen LogP contribution in [0.15, 0.2) is 29.6 Å². The van der Waals surface area contributed by atoms with Crippen molar-refractivity contribution in [2.24, 2.45) is 0 Å². The lowest BCUT2D eigenvalue weighted by Crippen LogP contribution is -2.38. The van der Waals surface area contributed by atoms with Crippen LogP contribution in [0.1, 0.15) is 42.7 Å². The molecule has 1 aromatic carbocycles. The SMILES string of the molecule is CC(C)c1ccc(-c2nc(C(=O)N[C@H](C)C(=O)O)cs2)cc1. The van der Waals surface area contributed by atoms with Gasteiger partial charge in [0.05, 0.1) is 0 Å². The Hall–Kier alpha value is -2.21. The van der Waals surface area contributed by atoms with Crippen LogP contribution >= 0.6 is 11.3 Å². The van der Waals surface area contributed by atoms with Gasteiger partial charge in [-0.2, -0.15) is 0 Å². The molecule has 1 heterocycles. The van der Waals surface area contributed by atoms with E-state index in [2.05, 4.69) is 24.1 Å². The van der Waals surface area contributed by atoms with E-state index >= 15 is 0 Å². The molecule has 0 bridgehead atoms. The van der Waals surface area contributed by atoms with E-state index in [1.165, 1.54) is 23.8 Å². The zero-order valence-corrected chi connectivity index (χ0v) is 13.5. The zero-order valence-electron chi connectivity index (χ0n) is 12.7. The van der Waals surface area contributed by atoms with Crippen LogP contribution in [-0.2, 0) is 4.79 Å². The number of carbonyl (C=O) groups excluding carboxylic acids is 1. The highest BCUT2D eigenvalue weighted by molar-refractivity contribution is 7.13. The summed E-state index contributed by atoms with van der Waals surface area (Å²) in [5.41, 5.74) is 2.43. The molecule has 0 spiro atoms. The summed E-state index contributed by atoms with van der Waals surface area (Å²) < 4.78 is 0. The van der Waals surface area contributed by atoms with Gasteiger partial charge in [0, 0.05) is 10.9 Å². The summed E-state index contributed by atoms with van der Waals surface area (Å²) in [6, 6.07) is 7.12. The monoisotopic (exact) mass is 318 g/mol. The van der Waals surface area contributed by atoms with Crippen LogP contribution in [0.25, 0.3) is 10.6 Å². The van der Waals surface area contributed by atoms with Gasteiger partial charge in [-0.3, -0.25) is 9.59 Å². The Morgan fingerprint density at radius 3 is 2.36 bits per heavy atom. The molecule has 0 saturated heterocycles. The molecule has 1 amide bonds. The number of nitrogens with one attached hydrogen (secondary N) is 1. The lowest BCUT2D eigenvalue weighted by Gasteiger charge is -2.07. The second kappa shape index (κ2) is 6.70. The number of rotatable bonds is 5. The minimum atomic E-state index is -1.08. The van der Waals surface area contributed by atoms with E-state index in [0.29, 0.717) is 5.92 Å². The first kappa shape index (κ1) is 16.2. The smallest absolute Gasteiger partial charge is 0.325 e. The van der Waals surface area contributed by atoms with E-state index in [-0.39, 0.29) is 5.69 Å². The normalized spacial score (nSPS) is 12.2. The van der Waals surface area contributed by atoms with Crippen molar-refractivity contribution in [2.45, 2.75) is 32.7 Å². The fourth-order valence-corrected chi connectivity index (χ4v) is 2.66. The fourth-order valence-electron chi connectivity index (χ4n) is 1.85. The summed E-state index contributed by atoms with van der Waals surface area (Å²) in [6.07, 6.45) is 0. The van der Waals surface area contributed by atoms with Gasteiger partial charge in [-0.25, -0.2) is 4.98 Å². The fraction of sp³-hybridized carbons (Fsp3) is 0.312. The van der Waals surface area contributed by atoms with Crippen LogP contribution in [0.3, 0.4) is 0 Å². The summed E-state index contributed by atoms with van der Waals surface area (Å²) in [5, 5.41) is 13.6. The van der Waals surface area contributed by atoms with Crippen molar-refractivity contribution in [1.29, 1.82) is 0 Å². The molecule has 116 valence electrons. The maximum Gasteiger partial charge on any atom is 0.325 e. The Kier molecular flexibility index (Phi) is 4.92. The number of carboxylic acid groups (broad SMARTS) is 1. The number of aliphatic carboxylic acids is 1. The number of carbonyl (C=O) groups is 2. The molecule has 22 heavy (non-hydrogen) atoms. The topological polar surface area (TPSA) is 79.3 Å². The van der Waals surface area contributed by atoms with E-state index < -0.39 is 17.9 Å². The molecule has 0 unspecified atom stereocenters. The highest BCUT2D eigenvalue weighted by Crippen LogP contribution is 2.25. The number of amides is 1. The molecule has 0 fully saturated rings. The molecule has 0 aliphatic heterocycles. The molecule has 6 heteroatoms. The molecule has 0 radical (unpaired) electrons. The summed E-state index contributed by atoms with van der Waals surface area (Å²) in [5.74, 6) is -1.09. The van der Waals surface area contributed by atoms with E-state index in [4.69, 9.17) is 5.11 Å². The predicted molar refractivity (Wildman–Crippen MR) is 86.2 cm³/mol. The Morgan fingerprint density at radius 1 is 1.18 bits per heavy atom. The Labute approximate surface area is 133 Å². The van der Waals surface area contributed by atoms with Crippen molar-refractivity contribution in [3.63, 3.8) is 0 Å². The van der Waals surface area contributed by atoms with E-state index in [0.717, 1.165) is 10.6 Å². The lowest BCUT2D eigenvalue weighted by atomic mass is 10.0. The molecule has 1 aromatic heterocycles. The summed E-state index contributed by atoms with van der Waals surface area (Å²) in [6.45, 7) is 5.67. The first-order valence-corrected chi connectivity index (χ1v) is 7.86. The largest absolute Gasteiger partial charge is 0.480 e. The number of aromatic nitrogens is 1. The van der Waals surface area contributed by atoms with Crippen molar-refractivity contribution >= 4 is 23.2 Å². The first-order valence-electron chi connectivity index (χ1n) is 6.98. The minimum absolute atomic E-state index is 0.237. The molecule has 0 aliphatic carbocycles. The van der Waals surface area contributed by atoms with E-state index in [9.17, 15) is 9.59 Å². The molecular weight excluding hydrogens is 300 g/mol. The van der Waals surface area contributed by atoms with Crippen molar-refractivity contribution in [3.05, 3.63) is 40.9 Å². The van der Waals surface area contributed by atoms with Gasteiger partial charge in [0.25, 0.3) is 5.91 Å². The number of thiazole rings is 1. The van der Waals surface area contributed by atoms with Gasteiger partial charge in [-0.15, -0.1) is 11.3 Å². The number of hydrogen-bond donors (Lipinski definition) is 2. The maximum absolute atomic E-state index is 11.9. The molecule has 2 aromatic rings. The average Bonchev–Trinajstić information content (AvgIpc) is 2.97. The van der Waals surface area contributed by atoms with Gasteiger partial charge in [0.15, 0.2) is 0 Å². The minimum Gasteiger partial charge on any atom is -0.480 e. The van der Waals surface area contributed by atoms with Gasteiger partial charge >= 0.3 is 5.97 Å². The van der Waals surface area contributed by atoms with Crippen molar-refractivity contribution in [3.8, 4) is 10.6 Å². The van der Waals surface area contributed by atoms with E-state index in [1.54, 1.807) is 5.38 Å². The van der Waals surface area contributed by atoms with Crippen LogP contribution in [0.4, 0.5) is 0 Å². The Balaban J connectivity index is 2.14. The average molecular weight is 318 g/mol. The van der Waals surface area contributed by atoms with Crippen LogP contribution < -0.4 is 5.32 Å². The molecule has 2 N–H and O–H groups in total. The van der Waals surface area contributed by atoms with Crippen molar-refractivity contribution in [1.82, 2.24) is 10.3 Å². The van der Waals surface area contributed by atoms with Crippen LogP contribution in [0, 0.1) is 0 Å². The second-order valence-corrected chi connectivity index (χ2v) is 6.21. The van der Waals surface area contributed by atoms with Crippen LogP contribution in [0.2, 0.25) is 0 Å². The third-order valence-electron chi connectivity index (χ3n) is 3.28. The highest BCUT2D eigenvalue weighted by atomic mass is 32.1. The number of nitrogens with zero attached hydrogens (tertiary/aromatic N) is 1. The van der Waals surface area contributed by atoms with Crippen LogP contribution in [-0.4, -0.2) is 28.0 Å². The van der Waals surface area contributed by atoms with Crippen LogP contribution in [0.5, 0.6) is 0 Å². The van der Waals surface area contributed by atoms with Gasteiger partial charge in [0.2, 0.25) is 0 Å². The number of hydrogen-bond acceptors (Lipinski definition) is 4. The highest BCUT2D eigenvalue weighted by Gasteiger charge is 2.17. The Bertz CT molecular complexity index is 677. The standard InChI is InChI=1S/C16H18N2O3S/c1-9(2)11-4-6-12(7-5-11)15-18-13(8-22-15)14(19)17-10(3)16(20)21/h4-10H,1-3H3,(H,17,19)(H,20,21)/t10-/m1/s1. The molecule has 1 atom stereocenters. The third-order valence-corrected chi connectivity index (χ3v) is 4.17. The molecule has 0 saturated carbocycles. The summed E-state index contributed by atoms with van der Waals surface area (Å²) in [4.78, 5) is 26.9. The van der Waals surface area contributed by atoms with Crippen molar-refractivity contribution < 1.29 is 14.7 Å². The lowest BCUT2D eigenvalue weighted by molar-refractivity contribution is -0.138. The molecule has 2 rings (SSSR count). The number of benzene rings is 1. The van der Waals surface area contributed by atoms with Gasteiger partial charge in [-0.05, 0) is 18.4 Å². The molecule has 0 aliphatic rings. The van der Waals surface area contributed by atoms with Gasteiger partial charge in [-0.1, -0.05) is 38.1 Å². The first-order chi connectivity index (χ1) is 10.4. The van der Waals surface area contributed by atoms with E-state index in [1.807, 2.05) is 24.3 Å². The molecule has 5 nitrogen and oxygen atoms in total. The summed E-state index contributed by atoms with van der Waals surface area (Å²) >= 11 is 1.36. The maximum atomic E-state index is 11.9. The summed E-state index contributed by atoms with van der Waals surface area (Å²) in [7, 11) is 0.